The molecule has 112 valence electrons. The first kappa shape index (κ1) is 14.6. The van der Waals surface area contributed by atoms with Gasteiger partial charge in [0.1, 0.15) is 5.54 Å². The van der Waals surface area contributed by atoms with E-state index in [1.54, 1.807) is 25.1 Å². The van der Waals surface area contributed by atoms with E-state index < -0.39 is 11.6 Å². The van der Waals surface area contributed by atoms with Crippen LogP contribution in [0.3, 0.4) is 0 Å². The molecule has 4 nitrogen and oxygen atoms in total. The number of hydrogen-bond acceptors (Lipinski definition) is 2. The summed E-state index contributed by atoms with van der Waals surface area (Å²) < 4.78 is 0. The van der Waals surface area contributed by atoms with E-state index in [4.69, 9.17) is 11.6 Å². The Kier molecular flexibility index (Phi) is 3.62. The Hall–Kier alpha value is -2.33. The molecule has 0 aromatic heterocycles. The van der Waals surface area contributed by atoms with Crippen molar-refractivity contribution in [2.24, 2.45) is 0 Å². The normalized spacial score (nSPS) is 21.1. The van der Waals surface area contributed by atoms with E-state index >= 15 is 0 Å². The van der Waals surface area contributed by atoms with Crippen LogP contribution in [0.5, 0.6) is 0 Å². The molecule has 22 heavy (non-hydrogen) atoms. The summed E-state index contributed by atoms with van der Waals surface area (Å²) in [7, 11) is 0. The van der Waals surface area contributed by atoms with Gasteiger partial charge in [0, 0.05) is 5.02 Å². The van der Waals surface area contributed by atoms with E-state index in [1.165, 1.54) is 4.90 Å². The third kappa shape index (κ3) is 2.46. The third-order valence-corrected chi connectivity index (χ3v) is 4.09. The van der Waals surface area contributed by atoms with Gasteiger partial charge < -0.3 is 5.32 Å². The van der Waals surface area contributed by atoms with Gasteiger partial charge in [-0.15, -0.1) is 0 Å². The predicted octanol–water partition coefficient (Wildman–Crippen LogP) is 3.31. The Morgan fingerprint density at radius 3 is 2.50 bits per heavy atom. The number of benzene rings is 2. The van der Waals surface area contributed by atoms with Gasteiger partial charge in [0.15, 0.2) is 0 Å². The highest BCUT2D eigenvalue weighted by Gasteiger charge is 2.48. The standard InChI is InChI=1S/C17H15ClN2O2/c1-17(13-7-3-2-4-8-13)15(21)20(16(22)19-17)11-12-6-5-9-14(18)10-12/h2-10H,11H2,1H3,(H,19,22). The topological polar surface area (TPSA) is 49.4 Å². The fraction of sp³-hybridized carbons (Fsp3) is 0.176. The molecule has 0 saturated carbocycles. The highest BCUT2D eigenvalue weighted by molar-refractivity contribution is 6.30. The summed E-state index contributed by atoms with van der Waals surface area (Å²) in [6, 6.07) is 16.0. The smallest absolute Gasteiger partial charge is 0.319 e. The SMILES string of the molecule is CC1(c2ccccc2)NC(=O)N(Cc2cccc(Cl)c2)C1=O. The van der Waals surface area contributed by atoms with Crippen molar-refractivity contribution in [1.82, 2.24) is 10.2 Å². The number of halogens is 1. The molecule has 3 amide bonds. The molecule has 2 aromatic rings. The van der Waals surface area contributed by atoms with E-state index in [9.17, 15) is 9.59 Å². The largest absolute Gasteiger partial charge is 0.325 e. The van der Waals surface area contributed by atoms with Crippen LogP contribution in [0, 0.1) is 0 Å². The Morgan fingerprint density at radius 1 is 1.09 bits per heavy atom. The second kappa shape index (κ2) is 5.46. The number of nitrogens with zero attached hydrogens (tertiary/aromatic N) is 1. The lowest BCUT2D eigenvalue weighted by Crippen LogP contribution is -2.40. The van der Waals surface area contributed by atoms with E-state index in [2.05, 4.69) is 5.32 Å². The van der Waals surface area contributed by atoms with Crippen molar-refractivity contribution in [3.63, 3.8) is 0 Å². The summed E-state index contributed by atoms with van der Waals surface area (Å²) >= 11 is 5.95. The second-order valence-corrected chi connectivity index (χ2v) is 5.88. The molecule has 1 N–H and O–H groups in total. The van der Waals surface area contributed by atoms with E-state index in [1.807, 2.05) is 36.4 Å². The third-order valence-electron chi connectivity index (χ3n) is 3.86. The van der Waals surface area contributed by atoms with E-state index in [-0.39, 0.29) is 12.5 Å². The van der Waals surface area contributed by atoms with Crippen LogP contribution >= 0.6 is 11.6 Å². The molecule has 5 heteroatoms. The van der Waals surface area contributed by atoms with Crippen molar-refractivity contribution in [3.8, 4) is 0 Å². The van der Waals surface area contributed by atoms with Gasteiger partial charge in [0.25, 0.3) is 5.91 Å². The van der Waals surface area contributed by atoms with Crippen LogP contribution in [0.4, 0.5) is 4.79 Å². The maximum Gasteiger partial charge on any atom is 0.325 e. The van der Waals surface area contributed by atoms with Gasteiger partial charge in [-0.25, -0.2) is 4.79 Å². The molecule has 1 heterocycles. The molecule has 1 aliphatic rings. The number of urea groups is 1. The number of hydrogen-bond donors (Lipinski definition) is 1. The van der Waals surface area contributed by atoms with E-state index in [0.29, 0.717) is 5.02 Å². The van der Waals surface area contributed by atoms with Crippen molar-refractivity contribution in [2.75, 3.05) is 0 Å². The predicted molar refractivity (Wildman–Crippen MR) is 84.3 cm³/mol. The molecular formula is C17H15ClN2O2. The monoisotopic (exact) mass is 314 g/mol. The van der Waals surface area contributed by atoms with Crippen molar-refractivity contribution in [3.05, 3.63) is 70.7 Å². The molecule has 0 spiro atoms. The minimum absolute atomic E-state index is 0.202. The van der Waals surface area contributed by atoms with Gasteiger partial charge in [-0.2, -0.15) is 0 Å². The summed E-state index contributed by atoms with van der Waals surface area (Å²) in [5, 5.41) is 3.36. The summed E-state index contributed by atoms with van der Waals surface area (Å²) in [6.07, 6.45) is 0. The summed E-state index contributed by atoms with van der Waals surface area (Å²) in [6.45, 7) is 1.92. The molecule has 2 aromatic carbocycles. The second-order valence-electron chi connectivity index (χ2n) is 5.44. The van der Waals surface area contributed by atoms with Crippen LogP contribution in [-0.4, -0.2) is 16.8 Å². The quantitative estimate of drug-likeness (QED) is 0.884. The zero-order valence-electron chi connectivity index (χ0n) is 12.0. The van der Waals surface area contributed by atoms with Crippen LogP contribution in [0.25, 0.3) is 0 Å². The van der Waals surface area contributed by atoms with Crippen molar-refractivity contribution in [2.45, 2.75) is 19.0 Å². The molecule has 1 aliphatic heterocycles. The minimum atomic E-state index is -1.03. The Labute approximate surface area is 133 Å². The Balaban J connectivity index is 1.89. The van der Waals surface area contributed by atoms with Gasteiger partial charge in [-0.05, 0) is 30.2 Å². The van der Waals surface area contributed by atoms with Gasteiger partial charge in [0.2, 0.25) is 0 Å². The number of imide groups is 1. The van der Waals surface area contributed by atoms with Crippen molar-refractivity contribution >= 4 is 23.5 Å². The lowest BCUT2D eigenvalue weighted by atomic mass is 9.92. The molecule has 0 radical (unpaired) electrons. The fourth-order valence-electron chi connectivity index (χ4n) is 2.63. The van der Waals surface area contributed by atoms with E-state index in [0.717, 1.165) is 11.1 Å². The van der Waals surface area contributed by atoms with Crippen molar-refractivity contribution in [1.29, 1.82) is 0 Å². The van der Waals surface area contributed by atoms with Gasteiger partial charge >= 0.3 is 6.03 Å². The molecule has 0 aliphatic carbocycles. The number of amides is 3. The fourth-order valence-corrected chi connectivity index (χ4v) is 2.84. The first-order valence-electron chi connectivity index (χ1n) is 6.95. The Morgan fingerprint density at radius 2 is 1.82 bits per heavy atom. The number of rotatable bonds is 3. The molecule has 1 atom stereocenters. The van der Waals surface area contributed by atoms with Gasteiger partial charge in [0.05, 0.1) is 6.54 Å². The maximum atomic E-state index is 12.7. The average molecular weight is 315 g/mol. The highest BCUT2D eigenvalue weighted by Crippen LogP contribution is 2.29. The zero-order chi connectivity index (χ0) is 15.7. The molecule has 0 bridgehead atoms. The first-order chi connectivity index (χ1) is 10.5. The molecule has 3 rings (SSSR count). The summed E-state index contributed by atoms with van der Waals surface area (Å²) in [5.74, 6) is -0.260. The molecule has 1 unspecified atom stereocenters. The number of carbonyl (C=O) groups excluding carboxylic acids is 2. The molecule has 1 saturated heterocycles. The van der Waals surface area contributed by atoms with Gasteiger partial charge in [-0.3, -0.25) is 9.69 Å². The van der Waals surface area contributed by atoms with Gasteiger partial charge in [-0.1, -0.05) is 54.1 Å². The van der Waals surface area contributed by atoms with Crippen LogP contribution in [0.1, 0.15) is 18.1 Å². The van der Waals surface area contributed by atoms with Crippen molar-refractivity contribution < 1.29 is 9.59 Å². The first-order valence-corrected chi connectivity index (χ1v) is 7.32. The summed E-state index contributed by atoms with van der Waals surface area (Å²) in [5.41, 5.74) is 0.548. The number of carbonyl (C=O) groups is 2. The minimum Gasteiger partial charge on any atom is -0.319 e. The lowest BCUT2D eigenvalue weighted by molar-refractivity contribution is -0.131. The highest BCUT2D eigenvalue weighted by atomic mass is 35.5. The lowest BCUT2D eigenvalue weighted by Gasteiger charge is -2.22. The number of nitrogens with one attached hydrogen (secondary N) is 1. The van der Waals surface area contributed by atoms with Crippen LogP contribution in [-0.2, 0) is 16.9 Å². The Bertz CT molecular complexity index is 732. The van der Waals surface area contributed by atoms with Crippen LogP contribution < -0.4 is 5.32 Å². The maximum absolute atomic E-state index is 12.7. The summed E-state index contributed by atoms with van der Waals surface area (Å²) in [4.78, 5) is 26.2. The molecular weight excluding hydrogens is 300 g/mol. The average Bonchev–Trinajstić information content (AvgIpc) is 2.73. The van der Waals surface area contributed by atoms with Crippen LogP contribution in [0.15, 0.2) is 54.6 Å². The van der Waals surface area contributed by atoms with Crippen LogP contribution in [0.2, 0.25) is 5.02 Å². The zero-order valence-corrected chi connectivity index (χ0v) is 12.8. The molecule has 1 fully saturated rings.